The molecule has 0 saturated carbocycles. The molecule has 1 aromatic heterocycles. The average molecular weight is 443 g/mol. The number of primary amides is 1. The number of nitrogens with two attached hydrogens (primary N) is 2. The highest BCUT2D eigenvalue weighted by atomic mass is 32.1. The van der Waals surface area contributed by atoms with Crippen LogP contribution in [-0.4, -0.2) is 74.6 Å². The van der Waals surface area contributed by atoms with Gasteiger partial charge in [-0.1, -0.05) is 0 Å². The van der Waals surface area contributed by atoms with E-state index in [2.05, 4.69) is 38.5 Å². The Morgan fingerprint density at radius 2 is 1.73 bits per heavy atom. The Bertz CT molecular complexity index is 772. The van der Waals surface area contributed by atoms with Gasteiger partial charge in [0.25, 0.3) is 0 Å². The van der Waals surface area contributed by atoms with Crippen LogP contribution < -0.4 is 27.4 Å². The van der Waals surface area contributed by atoms with Gasteiger partial charge >= 0.3 is 5.97 Å². The molecule has 1 aromatic rings. The van der Waals surface area contributed by atoms with E-state index >= 15 is 0 Å². The maximum absolute atomic E-state index is 12.8. The third-order valence-corrected chi connectivity index (χ3v) is 4.31. The van der Waals surface area contributed by atoms with E-state index in [0.29, 0.717) is 5.69 Å². The first kappa shape index (κ1) is 24.9. The minimum atomic E-state index is -1.45. The molecular formula is C16H25N7O6S. The van der Waals surface area contributed by atoms with E-state index in [1.165, 1.54) is 19.4 Å². The molecular weight excluding hydrogens is 418 g/mol. The van der Waals surface area contributed by atoms with Crippen molar-refractivity contribution in [3.8, 4) is 0 Å². The number of hydrogen-bond donors (Lipinski definition) is 8. The SMILES string of the molecule is CC(NC(=O)C(CC(N)=O)NC(=O)C(Cc1cnc[nH]1)NC(=O)C(N)CS)C(=O)O. The number of aromatic nitrogens is 2. The zero-order valence-electron chi connectivity index (χ0n) is 16.1. The van der Waals surface area contributed by atoms with Gasteiger partial charge in [-0.2, -0.15) is 12.6 Å². The quantitative estimate of drug-likeness (QED) is 0.152. The number of carboxylic acids is 1. The summed E-state index contributed by atoms with van der Waals surface area (Å²) in [4.78, 5) is 66.1. The van der Waals surface area contributed by atoms with Crippen molar-refractivity contribution >= 4 is 42.2 Å². The summed E-state index contributed by atoms with van der Waals surface area (Å²) < 4.78 is 0. The number of rotatable bonds is 12. The summed E-state index contributed by atoms with van der Waals surface area (Å²) in [5, 5.41) is 15.8. The van der Waals surface area contributed by atoms with Gasteiger partial charge in [0.15, 0.2) is 0 Å². The number of carboxylic acid groups (broad SMARTS) is 1. The minimum absolute atomic E-state index is 0.0205. The molecule has 0 spiro atoms. The molecule has 30 heavy (non-hydrogen) atoms. The fourth-order valence-corrected chi connectivity index (χ4v) is 2.41. The second-order valence-electron chi connectivity index (χ2n) is 6.43. The Morgan fingerprint density at radius 3 is 2.23 bits per heavy atom. The van der Waals surface area contributed by atoms with Crippen LogP contribution in [0.15, 0.2) is 12.5 Å². The molecule has 1 heterocycles. The van der Waals surface area contributed by atoms with E-state index in [0.717, 1.165) is 0 Å². The first-order valence-corrected chi connectivity index (χ1v) is 9.44. The van der Waals surface area contributed by atoms with Gasteiger partial charge in [0.05, 0.1) is 18.8 Å². The number of aliphatic carboxylic acids is 1. The smallest absolute Gasteiger partial charge is 0.325 e. The predicted molar refractivity (Wildman–Crippen MR) is 107 cm³/mol. The number of H-pyrrole nitrogens is 1. The standard InChI is InChI=1S/C16H25N7O6S/c1-7(16(28)29)21-14(26)11(3-12(18)24)23-15(27)10(2-8-4-19-6-20-8)22-13(25)9(17)5-30/h4,6-7,9-11,30H,2-3,5,17H2,1H3,(H2,18,24)(H,19,20)(H,21,26)(H,22,25)(H,23,27)(H,28,29). The van der Waals surface area contributed by atoms with Crippen molar-refractivity contribution in [3.05, 3.63) is 18.2 Å². The van der Waals surface area contributed by atoms with Gasteiger partial charge in [0.2, 0.25) is 23.6 Å². The van der Waals surface area contributed by atoms with Crippen LogP contribution >= 0.6 is 12.6 Å². The first-order chi connectivity index (χ1) is 14.0. The number of nitrogens with zero attached hydrogens (tertiary/aromatic N) is 1. The third kappa shape index (κ3) is 8.08. The van der Waals surface area contributed by atoms with Gasteiger partial charge in [-0.15, -0.1) is 0 Å². The van der Waals surface area contributed by atoms with Crippen LogP contribution in [0.2, 0.25) is 0 Å². The van der Waals surface area contributed by atoms with Gasteiger partial charge in [0, 0.05) is 24.1 Å². The van der Waals surface area contributed by atoms with Crippen molar-refractivity contribution in [2.75, 3.05) is 5.75 Å². The van der Waals surface area contributed by atoms with Crippen molar-refractivity contribution in [3.63, 3.8) is 0 Å². The molecule has 0 bridgehead atoms. The molecule has 4 unspecified atom stereocenters. The molecule has 0 aliphatic heterocycles. The normalized spacial score (nSPS) is 14.6. The van der Waals surface area contributed by atoms with Gasteiger partial charge in [-0.25, -0.2) is 4.98 Å². The van der Waals surface area contributed by atoms with Crippen molar-refractivity contribution in [1.29, 1.82) is 0 Å². The van der Waals surface area contributed by atoms with E-state index in [-0.39, 0.29) is 12.2 Å². The summed E-state index contributed by atoms with van der Waals surface area (Å²) in [6.07, 6.45) is 2.22. The molecule has 4 atom stereocenters. The maximum Gasteiger partial charge on any atom is 0.325 e. The maximum atomic E-state index is 12.8. The summed E-state index contributed by atoms with van der Waals surface area (Å²) in [6.45, 7) is 1.21. The highest BCUT2D eigenvalue weighted by Gasteiger charge is 2.30. The number of carbonyl (C=O) groups is 5. The molecule has 0 radical (unpaired) electrons. The second kappa shape index (κ2) is 11.8. The summed E-state index contributed by atoms with van der Waals surface area (Å²) in [5.41, 5.74) is 11.2. The highest BCUT2D eigenvalue weighted by molar-refractivity contribution is 7.80. The molecule has 0 fully saturated rings. The monoisotopic (exact) mass is 443 g/mol. The van der Waals surface area contributed by atoms with Crippen molar-refractivity contribution in [1.82, 2.24) is 25.9 Å². The van der Waals surface area contributed by atoms with Crippen molar-refractivity contribution in [2.45, 2.75) is 43.9 Å². The van der Waals surface area contributed by atoms with Gasteiger partial charge < -0.3 is 37.5 Å². The summed E-state index contributed by atoms with van der Waals surface area (Å²) in [5.74, 6) is -4.56. The Hall–Kier alpha value is -3.13. The Morgan fingerprint density at radius 1 is 1.13 bits per heavy atom. The fraction of sp³-hybridized carbons (Fsp3) is 0.500. The number of amides is 4. The van der Waals surface area contributed by atoms with Crippen LogP contribution in [0.1, 0.15) is 19.0 Å². The van der Waals surface area contributed by atoms with E-state index in [4.69, 9.17) is 16.6 Å². The Labute approximate surface area is 177 Å². The predicted octanol–water partition coefficient (Wildman–Crippen LogP) is -3.36. The van der Waals surface area contributed by atoms with E-state index in [9.17, 15) is 24.0 Å². The Balaban J connectivity index is 2.98. The van der Waals surface area contributed by atoms with Gasteiger partial charge in [-0.05, 0) is 6.92 Å². The summed E-state index contributed by atoms with van der Waals surface area (Å²) in [6, 6.07) is -4.87. The van der Waals surface area contributed by atoms with Crippen LogP contribution in [0.4, 0.5) is 0 Å². The summed E-state index contributed by atoms with van der Waals surface area (Å²) in [7, 11) is 0. The molecule has 4 amide bonds. The van der Waals surface area contributed by atoms with Crippen LogP contribution in [0, 0.1) is 0 Å². The molecule has 14 heteroatoms. The van der Waals surface area contributed by atoms with Crippen molar-refractivity contribution in [2.24, 2.45) is 11.5 Å². The van der Waals surface area contributed by atoms with Crippen LogP contribution in [0.3, 0.4) is 0 Å². The first-order valence-electron chi connectivity index (χ1n) is 8.81. The Kier molecular flexibility index (Phi) is 9.77. The van der Waals surface area contributed by atoms with Crippen LogP contribution in [-0.2, 0) is 30.4 Å². The topological polar surface area (TPSA) is 222 Å². The molecule has 1 rings (SSSR count). The van der Waals surface area contributed by atoms with Crippen LogP contribution in [0.25, 0.3) is 0 Å². The minimum Gasteiger partial charge on any atom is -0.480 e. The molecule has 0 aliphatic carbocycles. The lowest BCUT2D eigenvalue weighted by molar-refractivity contribution is -0.142. The number of nitrogens with one attached hydrogen (secondary N) is 4. The van der Waals surface area contributed by atoms with E-state index in [1.807, 2.05) is 0 Å². The molecule has 0 aromatic carbocycles. The number of hydrogen-bond acceptors (Lipinski definition) is 8. The molecule has 13 nitrogen and oxygen atoms in total. The largest absolute Gasteiger partial charge is 0.480 e. The zero-order valence-corrected chi connectivity index (χ0v) is 17.0. The third-order valence-electron chi connectivity index (χ3n) is 3.91. The summed E-state index contributed by atoms with van der Waals surface area (Å²) >= 11 is 3.93. The zero-order chi connectivity index (χ0) is 22.8. The lowest BCUT2D eigenvalue weighted by Gasteiger charge is -2.23. The number of aromatic amines is 1. The molecule has 0 aliphatic rings. The highest BCUT2D eigenvalue weighted by Crippen LogP contribution is 2.02. The van der Waals surface area contributed by atoms with Crippen LogP contribution in [0.5, 0.6) is 0 Å². The number of imidazole rings is 1. The van der Waals surface area contributed by atoms with Gasteiger partial charge in [0.1, 0.15) is 18.1 Å². The van der Waals surface area contributed by atoms with Gasteiger partial charge in [-0.3, -0.25) is 24.0 Å². The lowest BCUT2D eigenvalue weighted by atomic mass is 10.1. The van der Waals surface area contributed by atoms with Crippen molar-refractivity contribution < 1.29 is 29.1 Å². The molecule has 9 N–H and O–H groups in total. The fourth-order valence-electron chi connectivity index (χ4n) is 2.25. The van der Waals surface area contributed by atoms with E-state index < -0.39 is 60.2 Å². The number of carbonyl (C=O) groups excluding carboxylic acids is 4. The van der Waals surface area contributed by atoms with E-state index in [1.54, 1.807) is 0 Å². The molecule has 166 valence electrons. The lowest BCUT2D eigenvalue weighted by Crippen LogP contribution is -2.58. The molecule has 0 saturated heterocycles. The number of thiol groups is 1. The average Bonchev–Trinajstić information content (AvgIpc) is 3.18. The second-order valence-corrected chi connectivity index (χ2v) is 6.80.